The minimum Gasteiger partial charge on any atom is -0.350 e. The number of nitrogens with one attached hydrogen (secondary N) is 1. The molecule has 2 aliphatic rings. The summed E-state index contributed by atoms with van der Waals surface area (Å²) in [6, 6.07) is 18.7. The molecule has 2 aromatic rings. The highest BCUT2D eigenvalue weighted by Crippen LogP contribution is 2.31. The maximum atomic E-state index is 12.8. The van der Waals surface area contributed by atoms with Gasteiger partial charge in [0.2, 0.25) is 17.7 Å². The molecule has 168 valence electrons. The van der Waals surface area contributed by atoms with Crippen LogP contribution in [0.15, 0.2) is 54.6 Å². The van der Waals surface area contributed by atoms with Gasteiger partial charge in [-0.2, -0.15) is 0 Å². The van der Waals surface area contributed by atoms with Crippen molar-refractivity contribution in [1.82, 2.24) is 15.1 Å². The van der Waals surface area contributed by atoms with Crippen LogP contribution in [0.5, 0.6) is 0 Å². The number of hydrogen-bond acceptors (Lipinski definition) is 3. The fourth-order valence-corrected chi connectivity index (χ4v) is 4.79. The zero-order chi connectivity index (χ0) is 22.6. The van der Waals surface area contributed by atoms with E-state index in [1.807, 2.05) is 23.1 Å². The van der Waals surface area contributed by atoms with E-state index >= 15 is 0 Å². The van der Waals surface area contributed by atoms with Crippen molar-refractivity contribution in [1.29, 1.82) is 0 Å². The van der Waals surface area contributed by atoms with E-state index in [1.54, 1.807) is 11.8 Å². The molecule has 6 heteroatoms. The number of rotatable bonds is 6. The van der Waals surface area contributed by atoms with Crippen LogP contribution in [0.4, 0.5) is 0 Å². The molecule has 0 saturated carbocycles. The van der Waals surface area contributed by atoms with Crippen molar-refractivity contribution in [2.45, 2.75) is 44.6 Å². The highest BCUT2D eigenvalue weighted by Gasteiger charge is 2.38. The molecule has 0 bridgehead atoms. The topological polar surface area (TPSA) is 69.7 Å². The lowest BCUT2D eigenvalue weighted by Gasteiger charge is -2.35. The van der Waals surface area contributed by atoms with Gasteiger partial charge in [0.15, 0.2) is 0 Å². The molecular weight excluding hydrogens is 402 g/mol. The highest BCUT2D eigenvalue weighted by atomic mass is 16.2. The quantitative estimate of drug-likeness (QED) is 0.761. The summed E-state index contributed by atoms with van der Waals surface area (Å²) in [5, 5.41) is 3.18. The van der Waals surface area contributed by atoms with Crippen LogP contribution in [0.1, 0.15) is 38.2 Å². The van der Waals surface area contributed by atoms with E-state index in [-0.39, 0.29) is 23.3 Å². The van der Waals surface area contributed by atoms with E-state index in [0.29, 0.717) is 45.4 Å². The van der Waals surface area contributed by atoms with Crippen LogP contribution in [0.2, 0.25) is 0 Å². The number of carbonyl (C=O) groups is 3. The van der Waals surface area contributed by atoms with Crippen LogP contribution in [-0.4, -0.2) is 59.2 Å². The normalized spacial score (nSPS) is 20.8. The third kappa shape index (κ3) is 5.18. The first-order chi connectivity index (χ1) is 15.4. The molecule has 6 nitrogen and oxygen atoms in total. The first-order valence-corrected chi connectivity index (χ1v) is 11.4. The summed E-state index contributed by atoms with van der Waals surface area (Å²) in [5.74, 6) is 0.226. The van der Waals surface area contributed by atoms with Crippen molar-refractivity contribution in [2.75, 3.05) is 26.2 Å². The Morgan fingerprint density at radius 2 is 1.53 bits per heavy atom. The Bertz CT molecular complexity index is 966. The zero-order valence-corrected chi connectivity index (χ0v) is 18.7. The van der Waals surface area contributed by atoms with Crippen molar-refractivity contribution in [3.05, 3.63) is 60.2 Å². The molecule has 4 rings (SSSR count). The number of hydrogen-bond donors (Lipinski definition) is 1. The molecule has 0 aliphatic carbocycles. The Balaban J connectivity index is 1.38. The van der Waals surface area contributed by atoms with Crippen LogP contribution in [0.25, 0.3) is 11.1 Å². The van der Waals surface area contributed by atoms with Gasteiger partial charge in [0.1, 0.15) is 0 Å². The number of piperazine rings is 1. The lowest BCUT2D eigenvalue weighted by Crippen LogP contribution is -2.51. The summed E-state index contributed by atoms with van der Waals surface area (Å²) in [5.41, 5.74) is 3.13. The zero-order valence-electron chi connectivity index (χ0n) is 18.7. The minimum atomic E-state index is -0.373. The third-order valence-electron chi connectivity index (χ3n) is 6.73. The summed E-state index contributed by atoms with van der Waals surface area (Å²) >= 11 is 0. The van der Waals surface area contributed by atoms with Gasteiger partial charge >= 0.3 is 0 Å². The van der Waals surface area contributed by atoms with Crippen LogP contribution >= 0.6 is 0 Å². The fourth-order valence-electron chi connectivity index (χ4n) is 4.79. The number of nitrogens with zero attached hydrogens (tertiary/aromatic N) is 2. The van der Waals surface area contributed by atoms with Crippen molar-refractivity contribution >= 4 is 17.7 Å². The summed E-state index contributed by atoms with van der Waals surface area (Å²) in [7, 11) is 0. The van der Waals surface area contributed by atoms with Crippen LogP contribution < -0.4 is 5.32 Å². The second-order valence-corrected chi connectivity index (χ2v) is 8.96. The molecular formula is C26H31N3O3. The summed E-state index contributed by atoms with van der Waals surface area (Å²) in [6.07, 6.45) is 3.01. The van der Waals surface area contributed by atoms with Crippen LogP contribution in [-0.2, 0) is 20.8 Å². The number of amides is 3. The predicted octanol–water partition coefficient (Wildman–Crippen LogP) is 3.02. The van der Waals surface area contributed by atoms with E-state index in [0.717, 1.165) is 18.4 Å². The van der Waals surface area contributed by atoms with E-state index in [2.05, 4.69) is 41.7 Å². The SMILES string of the molecule is CC(=O)N1CCN(C(=O)CCC2(Cc3ccc(-c4ccccc4)cc3)CCC(=O)N2)CC1. The second kappa shape index (κ2) is 9.55. The first kappa shape index (κ1) is 22.1. The van der Waals surface area contributed by atoms with Gasteiger partial charge in [-0.05, 0) is 36.0 Å². The molecule has 32 heavy (non-hydrogen) atoms. The molecule has 2 heterocycles. The molecule has 2 aromatic carbocycles. The van der Waals surface area contributed by atoms with Crippen molar-refractivity contribution in [3.8, 4) is 11.1 Å². The second-order valence-electron chi connectivity index (χ2n) is 8.96. The van der Waals surface area contributed by atoms with E-state index < -0.39 is 0 Å². The molecule has 2 saturated heterocycles. The molecule has 0 aromatic heterocycles. The third-order valence-corrected chi connectivity index (χ3v) is 6.73. The maximum absolute atomic E-state index is 12.8. The van der Waals surface area contributed by atoms with E-state index in [4.69, 9.17) is 0 Å². The first-order valence-electron chi connectivity index (χ1n) is 11.4. The minimum absolute atomic E-state index is 0.0583. The lowest BCUT2D eigenvalue weighted by atomic mass is 9.84. The predicted molar refractivity (Wildman–Crippen MR) is 124 cm³/mol. The smallest absolute Gasteiger partial charge is 0.222 e. The Morgan fingerprint density at radius 3 is 2.12 bits per heavy atom. The monoisotopic (exact) mass is 433 g/mol. The summed E-state index contributed by atoms with van der Waals surface area (Å²) < 4.78 is 0. The van der Waals surface area contributed by atoms with Gasteiger partial charge < -0.3 is 15.1 Å². The highest BCUT2D eigenvalue weighted by molar-refractivity contribution is 5.80. The van der Waals surface area contributed by atoms with Gasteiger partial charge in [0.25, 0.3) is 0 Å². The average molecular weight is 434 g/mol. The lowest BCUT2D eigenvalue weighted by molar-refractivity contribution is -0.138. The van der Waals surface area contributed by atoms with Crippen molar-refractivity contribution in [3.63, 3.8) is 0 Å². The van der Waals surface area contributed by atoms with Crippen molar-refractivity contribution < 1.29 is 14.4 Å². The summed E-state index contributed by atoms with van der Waals surface area (Å²) in [6.45, 7) is 3.92. The van der Waals surface area contributed by atoms with E-state index in [1.165, 1.54) is 11.1 Å². The molecule has 2 aliphatic heterocycles. The van der Waals surface area contributed by atoms with Crippen molar-refractivity contribution in [2.24, 2.45) is 0 Å². The average Bonchev–Trinajstić information content (AvgIpc) is 3.19. The molecule has 1 N–H and O–H groups in total. The number of benzene rings is 2. The van der Waals surface area contributed by atoms with Gasteiger partial charge in [-0.1, -0.05) is 54.6 Å². The summed E-state index contributed by atoms with van der Waals surface area (Å²) in [4.78, 5) is 40.0. The van der Waals surface area contributed by atoms with Crippen LogP contribution in [0, 0.1) is 0 Å². The Hall–Kier alpha value is -3.15. The number of carbonyl (C=O) groups excluding carboxylic acids is 3. The molecule has 1 unspecified atom stereocenters. The molecule has 3 amide bonds. The van der Waals surface area contributed by atoms with Gasteiger partial charge in [-0.3, -0.25) is 14.4 Å². The standard InChI is InChI=1S/C26H31N3O3/c1-20(30)28-15-17-29(18-16-28)25(32)12-14-26(13-11-24(31)27-26)19-21-7-9-23(10-8-21)22-5-3-2-4-6-22/h2-10H,11-19H2,1H3,(H,27,31). The molecule has 0 spiro atoms. The van der Waals surface area contributed by atoms with Gasteiger partial charge in [-0.25, -0.2) is 0 Å². The van der Waals surface area contributed by atoms with Crippen LogP contribution in [0.3, 0.4) is 0 Å². The molecule has 1 atom stereocenters. The largest absolute Gasteiger partial charge is 0.350 e. The Kier molecular flexibility index (Phi) is 6.58. The van der Waals surface area contributed by atoms with Gasteiger partial charge in [0.05, 0.1) is 0 Å². The van der Waals surface area contributed by atoms with Gasteiger partial charge in [0, 0.05) is 51.5 Å². The molecule has 0 radical (unpaired) electrons. The Morgan fingerprint density at radius 1 is 0.906 bits per heavy atom. The van der Waals surface area contributed by atoms with Gasteiger partial charge in [-0.15, -0.1) is 0 Å². The molecule has 2 fully saturated rings. The van der Waals surface area contributed by atoms with E-state index in [9.17, 15) is 14.4 Å². The maximum Gasteiger partial charge on any atom is 0.222 e. The fraction of sp³-hybridized carbons (Fsp3) is 0.423. The Labute approximate surface area is 189 Å².